The first-order chi connectivity index (χ1) is 9.15. The van der Waals surface area contributed by atoms with Gasteiger partial charge in [-0.15, -0.1) is 0 Å². The topological polar surface area (TPSA) is 90.5 Å². The molecule has 0 bridgehead atoms. The third kappa shape index (κ3) is 3.67. The molecule has 2 fully saturated rings. The number of rotatable bonds is 4. The number of hydrogen-bond donors (Lipinski definition) is 4. The third-order valence-corrected chi connectivity index (χ3v) is 4.22. The van der Waals surface area contributed by atoms with Gasteiger partial charge in [0.05, 0.1) is 13.2 Å². The fraction of sp³-hybridized carbons (Fsp3) is 0.846. The molecule has 1 unspecified atom stereocenters. The first-order valence-corrected chi connectivity index (χ1v) is 7.04. The van der Waals surface area contributed by atoms with Crippen LogP contribution >= 0.6 is 0 Å². The lowest BCUT2D eigenvalue weighted by Crippen LogP contribution is -2.59. The number of carbonyl (C=O) groups excluding carboxylic acids is 2. The summed E-state index contributed by atoms with van der Waals surface area (Å²) in [5.41, 5.74) is -0.147. The van der Waals surface area contributed by atoms with Gasteiger partial charge in [0.15, 0.2) is 0 Å². The van der Waals surface area contributed by atoms with Crippen molar-refractivity contribution in [1.82, 2.24) is 16.0 Å². The minimum Gasteiger partial charge on any atom is -0.396 e. The van der Waals surface area contributed by atoms with E-state index in [9.17, 15) is 14.7 Å². The molecule has 1 atom stereocenters. The highest BCUT2D eigenvalue weighted by Crippen LogP contribution is 2.35. The lowest BCUT2D eigenvalue weighted by atomic mass is 9.74. The van der Waals surface area contributed by atoms with Crippen LogP contribution in [0.4, 0.5) is 0 Å². The van der Waals surface area contributed by atoms with E-state index in [1.54, 1.807) is 0 Å². The van der Waals surface area contributed by atoms with E-state index in [0.29, 0.717) is 13.1 Å². The maximum atomic E-state index is 12.0. The molecule has 0 aromatic carbocycles. The van der Waals surface area contributed by atoms with Crippen LogP contribution in [0.3, 0.4) is 0 Å². The predicted octanol–water partition coefficient (Wildman–Crippen LogP) is -0.867. The van der Waals surface area contributed by atoms with Crippen molar-refractivity contribution in [2.75, 3.05) is 26.2 Å². The minimum absolute atomic E-state index is 0.0804. The molecule has 0 radical (unpaired) electrons. The van der Waals surface area contributed by atoms with Crippen molar-refractivity contribution >= 4 is 11.8 Å². The Morgan fingerprint density at radius 2 is 2.11 bits per heavy atom. The molecular formula is C13H23N3O3. The van der Waals surface area contributed by atoms with Gasteiger partial charge >= 0.3 is 0 Å². The minimum atomic E-state index is -0.364. The monoisotopic (exact) mass is 269 g/mol. The number of piperazine rings is 1. The van der Waals surface area contributed by atoms with Crippen LogP contribution in [0.25, 0.3) is 0 Å². The number of hydrogen-bond acceptors (Lipinski definition) is 4. The lowest BCUT2D eigenvalue weighted by Gasteiger charge is -2.36. The molecule has 1 aliphatic heterocycles. The summed E-state index contributed by atoms with van der Waals surface area (Å²) in [7, 11) is 0. The zero-order valence-electron chi connectivity index (χ0n) is 11.2. The van der Waals surface area contributed by atoms with Crippen LogP contribution in [0.1, 0.15) is 32.1 Å². The van der Waals surface area contributed by atoms with Gasteiger partial charge in [-0.25, -0.2) is 0 Å². The number of aliphatic hydroxyl groups is 1. The van der Waals surface area contributed by atoms with Gasteiger partial charge in [0.25, 0.3) is 0 Å². The molecule has 6 nitrogen and oxygen atoms in total. The molecule has 2 rings (SSSR count). The van der Waals surface area contributed by atoms with Crippen molar-refractivity contribution in [2.24, 2.45) is 5.41 Å². The van der Waals surface area contributed by atoms with Crippen LogP contribution in [-0.4, -0.2) is 49.2 Å². The molecule has 1 saturated heterocycles. The summed E-state index contributed by atoms with van der Waals surface area (Å²) in [6.45, 7) is 1.16. The van der Waals surface area contributed by atoms with Crippen LogP contribution in [0.15, 0.2) is 0 Å². The molecule has 19 heavy (non-hydrogen) atoms. The summed E-state index contributed by atoms with van der Waals surface area (Å²) < 4.78 is 0. The van der Waals surface area contributed by atoms with Crippen LogP contribution in [-0.2, 0) is 9.59 Å². The van der Waals surface area contributed by atoms with Crippen LogP contribution in [0, 0.1) is 5.41 Å². The highest BCUT2D eigenvalue weighted by Gasteiger charge is 2.33. The van der Waals surface area contributed by atoms with E-state index in [0.717, 1.165) is 25.7 Å². The second kappa shape index (κ2) is 6.34. The SMILES string of the molecule is O=C1CNC(C(=O)NCC2(CO)CCCCC2)CN1. The Morgan fingerprint density at radius 1 is 1.37 bits per heavy atom. The Kier molecular flexibility index (Phi) is 4.76. The highest BCUT2D eigenvalue weighted by atomic mass is 16.3. The molecule has 108 valence electrons. The molecule has 2 aliphatic rings. The zero-order chi connectivity index (χ0) is 13.7. The van der Waals surface area contributed by atoms with E-state index in [1.807, 2.05) is 0 Å². The number of amides is 2. The van der Waals surface area contributed by atoms with Crippen LogP contribution in [0.5, 0.6) is 0 Å². The normalized spacial score (nSPS) is 26.6. The molecule has 6 heteroatoms. The van der Waals surface area contributed by atoms with Gasteiger partial charge < -0.3 is 15.7 Å². The zero-order valence-corrected chi connectivity index (χ0v) is 11.2. The van der Waals surface area contributed by atoms with Crippen molar-refractivity contribution < 1.29 is 14.7 Å². The Bertz CT molecular complexity index is 330. The van der Waals surface area contributed by atoms with E-state index < -0.39 is 0 Å². The smallest absolute Gasteiger partial charge is 0.238 e. The Morgan fingerprint density at radius 3 is 2.68 bits per heavy atom. The summed E-state index contributed by atoms with van der Waals surface area (Å²) in [5, 5.41) is 18.1. The van der Waals surface area contributed by atoms with Crippen molar-refractivity contribution in [3.63, 3.8) is 0 Å². The van der Waals surface area contributed by atoms with Gasteiger partial charge in [-0.05, 0) is 12.8 Å². The summed E-state index contributed by atoms with van der Waals surface area (Å²) >= 11 is 0. The maximum Gasteiger partial charge on any atom is 0.238 e. The summed E-state index contributed by atoms with van der Waals surface area (Å²) in [6, 6.07) is -0.364. The predicted molar refractivity (Wildman–Crippen MR) is 70.4 cm³/mol. The second-order valence-electron chi connectivity index (χ2n) is 5.67. The quantitative estimate of drug-likeness (QED) is 0.534. The van der Waals surface area contributed by atoms with E-state index in [2.05, 4.69) is 16.0 Å². The summed E-state index contributed by atoms with van der Waals surface area (Å²) in [5.74, 6) is -0.179. The molecule has 1 heterocycles. The van der Waals surface area contributed by atoms with E-state index >= 15 is 0 Å². The molecule has 4 N–H and O–H groups in total. The van der Waals surface area contributed by atoms with E-state index in [1.165, 1.54) is 6.42 Å². The van der Waals surface area contributed by atoms with Crippen molar-refractivity contribution in [3.8, 4) is 0 Å². The fourth-order valence-electron chi connectivity index (χ4n) is 2.84. The Balaban J connectivity index is 1.80. The second-order valence-corrected chi connectivity index (χ2v) is 5.67. The third-order valence-electron chi connectivity index (χ3n) is 4.22. The van der Waals surface area contributed by atoms with Gasteiger partial charge in [0.2, 0.25) is 11.8 Å². The summed E-state index contributed by atoms with van der Waals surface area (Å²) in [4.78, 5) is 23.0. The van der Waals surface area contributed by atoms with Crippen LogP contribution < -0.4 is 16.0 Å². The van der Waals surface area contributed by atoms with Crippen LogP contribution in [0.2, 0.25) is 0 Å². The standard InChI is InChI=1S/C13H23N3O3/c17-9-13(4-2-1-3-5-13)8-16-12(19)10-6-15-11(18)7-14-10/h10,14,17H,1-9H2,(H,15,18)(H,16,19). The summed E-state index contributed by atoms with van der Waals surface area (Å²) in [6.07, 6.45) is 5.39. The molecule has 0 aromatic rings. The molecule has 0 aromatic heterocycles. The van der Waals surface area contributed by atoms with Crippen molar-refractivity contribution in [2.45, 2.75) is 38.1 Å². The Labute approximate surface area is 113 Å². The first kappa shape index (κ1) is 14.3. The van der Waals surface area contributed by atoms with Crippen molar-refractivity contribution in [3.05, 3.63) is 0 Å². The van der Waals surface area contributed by atoms with Crippen molar-refractivity contribution in [1.29, 1.82) is 0 Å². The molecule has 1 saturated carbocycles. The molecular weight excluding hydrogens is 246 g/mol. The number of aliphatic hydroxyl groups excluding tert-OH is 1. The maximum absolute atomic E-state index is 12.0. The number of nitrogens with one attached hydrogen (secondary N) is 3. The lowest BCUT2D eigenvalue weighted by molar-refractivity contribution is -0.127. The molecule has 0 spiro atoms. The van der Waals surface area contributed by atoms with Gasteiger partial charge in [-0.3, -0.25) is 14.9 Å². The fourth-order valence-corrected chi connectivity index (χ4v) is 2.84. The molecule has 2 amide bonds. The van der Waals surface area contributed by atoms with Gasteiger partial charge in [-0.1, -0.05) is 19.3 Å². The highest BCUT2D eigenvalue weighted by molar-refractivity contribution is 5.86. The first-order valence-electron chi connectivity index (χ1n) is 7.04. The van der Waals surface area contributed by atoms with E-state index in [-0.39, 0.29) is 36.4 Å². The van der Waals surface area contributed by atoms with Gasteiger partial charge in [-0.2, -0.15) is 0 Å². The Hall–Kier alpha value is -1.14. The molecule has 1 aliphatic carbocycles. The largest absolute Gasteiger partial charge is 0.396 e. The number of carbonyl (C=O) groups is 2. The van der Waals surface area contributed by atoms with Gasteiger partial charge in [0.1, 0.15) is 6.04 Å². The van der Waals surface area contributed by atoms with E-state index in [4.69, 9.17) is 0 Å². The average Bonchev–Trinajstić information content (AvgIpc) is 2.46. The average molecular weight is 269 g/mol. The van der Waals surface area contributed by atoms with Gasteiger partial charge in [0, 0.05) is 18.5 Å².